The second kappa shape index (κ2) is 3.63. The molecule has 0 aromatic heterocycles. The van der Waals surface area contributed by atoms with Crippen LogP contribution >= 0.6 is 0 Å². The first-order valence-electron chi connectivity index (χ1n) is 6.78. The van der Waals surface area contributed by atoms with Crippen molar-refractivity contribution in [2.24, 2.45) is 10.8 Å². The Kier molecular flexibility index (Phi) is 2.72. The van der Waals surface area contributed by atoms with Gasteiger partial charge in [0.2, 0.25) is 0 Å². The van der Waals surface area contributed by atoms with Crippen LogP contribution in [0.2, 0.25) is 0 Å². The Morgan fingerprint density at radius 3 is 2.00 bits per heavy atom. The van der Waals surface area contributed by atoms with E-state index in [-0.39, 0.29) is 0 Å². The van der Waals surface area contributed by atoms with Crippen LogP contribution < -0.4 is 0 Å². The molecule has 0 atom stereocenters. The van der Waals surface area contributed by atoms with E-state index in [1.165, 1.54) is 25.0 Å². The lowest BCUT2D eigenvalue weighted by atomic mass is 9.63. The van der Waals surface area contributed by atoms with Crippen molar-refractivity contribution in [2.75, 3.05) is 14.1 Å². The van der Waals surface area contributed by atoms with Gasteiger partial charge in [-0.05, 0) is 48.2 Å². The van der Waals surface area contributed by atoms with Gasteiger partial charge in [0, 0.05) is 19.8 Å². The molecule has 2 aliphatic carbocycles. The molecular weight excluding hydrogens is 206 g/mol. The van der Waals surface area contributed by atoms with Crippen LogP contribution in [0.4, 0.5) is 0 Å². The molecule has 0 spiro atoms. The van der Waals surface area contributed by atoms with Gasteiger partial charge in [0.25, 0.3) is 0 Å². The summed E-state index contributed by atoms with van der Waals surface area (Å²) in [6.07, 6.45) is 3.83. The third kappa shape index (κ3) is 1.84. The molecule has 0 aliphatic heterocycles. The highest BCUT2D eigenvalue weighted by molar-refractivity contribution is 5.52. The first kappa shape index (κ1) is 12.7. The molecule has 1 heteroatoms. The van der Waals surface area contributed by atoms with Crippen LogP contribution in [-0.4, -0.2) is 19.0 Å². The van der Waals surface area contributed by atoms with Gasteiger partial charge >= 0.3 is 0 Å². The zero-order valence-corrected chi connectivity index (χ0v) is 12.6. The number of allylic oxidation sites excluding steroid dienone is 3. The lowest BCUT2D eigenvalue weighted by Crippen LogP contribution is -2.32. The number of nitrogens with zero attached hydrogens (tertiary/aromatic N) is 1. The van der Waals surface area contributed by atoms with E-state index in [2.05, 4.69) is 53.6 Å². The third-order valence-corrected chi connectivity index (χ3v) is 4.70. The highest BCUT2D eigenvalue weighted by Gasteiger charge is 2.43. The fourth-order valence-electron chi connectivity index (χ4n) is 3.61. The second-order valence-corrected chi connectivity index (χ2v) is 7.32. The molecule has 0 heterocycles. The zero-order valence-electron chi connectivity index (χ0n) is 12.6. The van der Waals surface area contributed by atoms with Crippen molar-refractivity contribution in [3.8, 4) is 0 Å². The van der Waals surface area contributed by atoms with Crippen molar-refractivity contribution in [3.63, 3.8) is 0 Å². The number of rotatable bonds is 1. The smallest absolute Gasteiger partial charge is 0.0391 e. The van der Waals surface area contributed by atoms with Crippen LogP contribution in [0, 0.1) is 10.8 Å². The van der Waals surface area contributed by atoms with Crippen LogP contribution in [-0.2, 0) is 0 Å². The quantitative estimate of drug-likeness (QED) is 0.650. The maximum atomic E-state index is 2.42. The highest BCUT2D eigenvalue weighted by Crippen LogP contribution is 2.56. The van der Waals surface area contributed by atoms with E-state index in [4.69, 9.17) is 0 Å². The summed E-state index contributed by atoms with van der Waals surface area (Å²) in [6.45, 7) is 12.0. The Labute approximate surface area is 107 Å². The Hall–Kier alpha value is -0.720. The lowest BCUT2D eigenvalue weighted by molar-refractivity contribution is 0.258. The molecule has 0 radical (unpaired) electrons. The molecule has 2 aliphatic rings. The van der Waals surface area contributed by atoms with Crippen LogP contribution in [0.15, 0.2) is 22.4 Å². The first-order valence-corrected chi connectivity index (χ1v) is 6.78. The first-order chi connectivity index (χ1) is 7.67. The molecule has 0 fully saturated rings. The molecule has 1 nitrogen and oxygen atoms in total. The van der Waals surface area contributed by atoms with Gasteiger partial charge in [-0.3, -0.25) is 0 Å². The fourth-order valence-corrected chi connectivity index (χ4v) is 3.61. The summed E-state index contributed by atoms with van der Waals surface area (Å²) in [7, 11) is 4.37. The summed E-state index contributed by atoms with van der Waals surface area (Å²) in [5, 5.41) is 0. The zero-order chi connectivity index (χ0) is 13.0. The molecule has 0 unspecified atom stereocenters. The van der Waals surface area contributed by atoms with Crippen molar-refractivity contribution in [2.45, 2.75) is 53.9 Å². The standard InChI is InChI=1S/C16H27N/c1-11-10-12-13(14(11)17(6)7)16(4,5)9-8-15(12,2)3/h8-10H2,1-7H3. The van der Waals surface area contributed by atoms with Crippen LogP contribution in [0.25, 0.3) is 0 Å². The highest BCUT2D eigenvalue weighted by atomic mass is 15.1. The third-order valence-electron chi connectivity index (χ3n) is 4.70. The molecule has 0 bridgehead atoms. The number of hydrogen-bond donors (Lipinski definition) is 0. The summed E-state index contributed by atoms with van der Waals surface area (Å²) < 4.78 is 0. The van der Waals surface area contributed by atoms with E-state index in [1.54, 1.807) is 16.7 Å². The average molecular weight is 233 g/mol. The van der Waals surface area contributed by atoms with Crippen molar-refractivity contribution in [1.82, 2.24) is 4.90 Å². The van der Waals surface area contributed by atoms with Crippen molar-refractivity contribution >= 4 is 0 Å². The topological polar surface area (TPSA) is 3.24 Å². The number of hydrogen-bond acceptors (Lipinski definition) is 1. The van der Waals surface area contributed by atoms with Gasteiger partial charge in [-0.25, -0.2) is 0 Å². The Morgan fingerprint density at radius 1 is 0.941 bits per heavy atom. The Bertz CT molecular complexity index is 405. The van der Waals surface area contributed by atoms with Gasteiger partial charge in [-0.15, -0.1) is 0 Å². The van der Waals surface area contributed by atoms with Gasteiger partial charge in [0.05, 0.1) is 0 Å². The molecule has 0 aromatic rings. The molecule has 2 rings (SSSR count). The monoisotopic (exact) mass is 233 g/mol. The lowest BCUT2D eigenvalue weighted by Gasteiger charge is -2.43. The summed E-state index contributed by atoms with van der Waals surface area (Å²) in [6, 6.07) is 0. The molecule has 0 N–H and O–H groups in total. The Balaban J connectivity index is 2.59. The minimum atomic E-state index is 0.349. The maximum absolute atomic E-state index is 2.42. The molecule has 96 valence electrons. The largest absolute Gasteiger partial charge is 0.377 e. The minimum absolute atomic E-state index is 0.349. The van der Waals surface area contributed by atoms with E-state index in [0.717, 1.165) is 0 Å². The van der Waals surface area contributed by atoms with Crippen LogP contribution in [0.5, 0.6) is 0 Å². The van der Waals surface area contributed by atoms with E-state index < -0.39 is 0 Å². The molecule has 0 amide bonds. The number of likely N-dealkylation sites (N-methyl/N-ethyl adjacent to an activating group) is 1. The molecule has 0 aromatic carbocycles. The van der Waals surface area contributed by atoms with Crippen molar-refractivity contribution in [1.29, 1.82) is 0 Å². The van der Waals surface area contributed by atoms with Gasteiger partial charge < -0.3 is 4.90 Å². The predicted octanol–water partition coefficient (Wildman–Crippen LogP) is 4.37. The van der Waals surface area contributed by atoms with E-state index in [0.29, 0.717) is 10.8 Å². The molecule has 17 heavy (non-hydrogen) atoms. The van der Waals surface area contributed by atoms with Crippen LogP contribution in [0.1, 0.15) is 53.9 Å². The summed E-state index contributed by atoms with van der Waals surface area (Å²) in [5.74, 6) is 0. The summed E-state index contributed by atoms with van der Waals surface area (Å²) >= 11 is 0. The van der Waals surface area contributed by atoms with Crippen molar-refractivity contribution < 1.29 is 0 Å². The van der Waals surface area contributed by atoms with Crippen LogP contribution in [0.3, 0.4) is 0 Å². The van der Waals surface area contributed by atoms with Gasteiger partial charge in [0.1, 0.15) is 0 Å². The molecule has 0 saturated carbocycles. The molecule has 0 saturated heterocycles. The van der Waals surface area contributed by atoms with E-state index in [1.807, 2.05) is 0 Å². The van der Waals surface area contributed by atoms with Gasteiger partial charge in [0.15, 0.2) is 0 Å². The predicted molar refractivity (Wildman–Crippen MR) is 74.8 cm³/mol. The summed E-state index contributed by atoms with van der Waals surface area (Å²) in [4.78, 5) is 2.32. The van der Waals surface area contributed by atoms with Gasteiger partial charge in [-0.2, -0.15) is 0 Å². The average Bonchev–Trinajstić information content (AvgIpc) is 2.53. The fraction of sp³-hybridized carbons (Fsp3) is 0.750. The van der Waals surface area contributed by atoms with Gasteiger partial charge in [-0.1, -0.05) is 33.3 Å². The van der Waals surface area contributed by atoms with E-state index in [9.17, 15) is 0 Å². The normalized spacial score (nSPS) is 26.3. The second-order valence-electron chi connectivity index (χ2n) is 7.32. The Morgan fingerprint density at radius 2 is 1.47 bits per heavy atom. The maximum Gasteiger partial charge on any atom is 0.0391 e. The van der Waals surface area contributed by atoms with Crippen molar-refractivity contribution in [3.05, 3.63) is 22.4 Å². The van der Waals surface area contributed by atoms with E-state index >= 15 is 0 Å². The SMILES string of the molecule is CC1=C(N(C)C)C2=C(C1)C(C)(C)CCC2(C)C. The minimum Gasteiger partial charge on any atom is -0.377 e. The summed E-state index contributed by atoms with van der Waals surface area (Å²) in [5.41, 5.74) is 7.17. The molecular formula is C16H27N.